The zero-order valence-corrected chi connectivity index (χ0v) is 9.10. The van der Waals surface area contributed by atoms with Crippen LogP contribution in [0.15, 0.2) is 0 Å². The van der Waals surface area contributed by atoms with E-state index >= 15 is 0 Å². The lowest BCUT2D eigenvalue weighted by Gasteiger charge is -2.29. The van der Waals surface area contributed by atoms with Crippen molar-refractivity contribution in [1.29, 1.82) is 0 Å². The van der Waals surface area contributed by atoms with Gasteiger partial charge in [-0.05, 0) is 19.8 Å². The third kappa shape index (κ3) is 2.19. The van der Waals surface area contributed by atoms with Gasteiger partial charge >= 0.3 is 5.97 Å². The molecule has 82 valence electrons. The first-order valence-corrected chi connectivity index (χ1v) is 4.97. The van der Waals surface area contributed by atoms with Crippen LogP contribution in [0.2, 0.25) is 0 Å². The molecular weight excluding hydrogens is 204 g/mol. The van der Waals surface area contributed by atoms with Gasteiger partial charge in [-0.1, -0.05) is 0 Å². The summed E-state index contributed by atoms with van der Waals surface area (Å²) < 4.78 is 4.99. The van der Waals surface area contributed by atoms with Crippen LogP contribution in [0.1, 0.15) is 19.8 Å². The highest BCUT2D eigenvalue weighted by molar-refractivity contribution is 5.85. The molecule has 5 heteroatoms. The van der Waals surface area contributed by atoms with Gasteiger partial charge in [0, 0.05) is 18.6 Å². The minimum atomic E-state index is -0.126. The van der Waals surface area contributed by atoms with Crippen LogP contribution in [0, 0.1) is 0 Å². The number of hydrogen-bond acceptors (Lipinski definition) is 4. The molecule has 2 aliphatic heterocycles. The molecule has 2 aliphatic rings. The predicted octanol–water partition coefficient (Wildman–Crippen LogP) is 0.0637. The normalized spacial score (nSPS) is 34.8. The van der Waals surface area contributed by atoms with E-state index in [-0.39, 0.29) is 30.5 Å². The van der Waals surface area contributed by atoms with Crippen molar-refractivity contribution in [3.63, 3.8) is 0 Å². The van der Waals surface area contributed by atoms with Crippen molar-refractivity contribution in [3.8, 4) is 0 Å². The fourth-order valence-electron chi connectivity index (χ4n) is 2.17. The van der Waals surface area contributed by atoms with Gasteiger partial charge < -0.3 is 15.4 Å². The smallest absolute Gasteiger partial charge is 0.324 e. The molecule has 0 aromatic heterocycles. The summed E-state index contributed by atoms with van der Waals surface area (Å²) in [5.41, 5.74) is 0. The Morgan fingerprint density at radius 2 is 2.29 bits per heavy atom. The van der Waals surface area contributed by atoms with E-state index < -0.39 is 0 Å². The molecule has 0 aromatic carbocycles. The Morgan fingerprint density at radius 3 is 3.00 bits per heavy atom. The largest absolute Gasteiger partial charge is 0.465 e. The molecule has 0 saturated carbocycles. The maximum Gasteiger partial charge on any atom is 0.324 e. The zero-order chi connectivity index (χ0) is 9.26. The van der Waals surface area contributed by atoms with E-state index in [1.807, 2.05) is 6.92 Å². The van der Waals surface area contributed by atoms with Gasteiger partial charge in [0.05, 0.1) is 6.61 Å². The average Bonchev–Trinajstić information content (AvgIpc) is 2.48. The van der Waals surface area contributed by atoms with Crippen molar-refractivity contribution in [2.45, 2.75) is 37.9 Å². The lowest BCUT2D eigenvalue weighted by molar-refractivity contribution is -0.146. The lowest BCUT2D eigenvalue weighted by atomic mass is 10.1. The minimum Gasteiger partial charge on any atom is -0.465 e. The number of carbonyl (C=O) groups is 1. The SMILES string of the molecule is CCOC(=O)[C@@H]1NC[C@H]2CC[C@@H]1N2.Cl. The van der Waals surface area contributed by atoms with E-state index in [0.717, 1.165) is 13.0 Å². The van der Waals surface area contributed by atoms with E-state index in [1.54, 1.807) is 0 Å². The summed E-state index contributed by atoms with van der Waals surface area (Å²) in [7, 11) is 0. The molecule has 2 bridgehead atoms. The van der Waals surface area contributed by atoms with Crippen LogP contribution >= 0.6 is 12.4 Å². The summed E-state index contributed by atoms with van der Waals surface area (Å²) in [6.07, 6.45) is 2.26. The highest BCUT2D eigenvalue weighted by atomic mass is 35.5. The summed E-state index contributed by atoms with van der Waals surface area (Å²) in [5, 5.41) is 6.65. The Balaban J connectivity index is 0.000000980. The Morgan fingerprint density at radius 1 is 1.50 bits per heavy atom. The van der Waals surface area contributed by atoms with Crippen LogP contribution in [-0.2, 0) is 9.53 Å². The monoisotopic (exact) mass is 220 g/mol. The molecule has 14 heavy (non-hydrogen) atoms. The molecule has 2 heterocycles. The molecule has 2 N–H and O–H groups in total. The first-order valence-electron chi connectivity index (χ1n) is 4.97. The van der Waals surface area contributed by atoms with Gasteiger partial charge in [-0.2, -0.15) is 0 Å². The molecule has 3 atom stereocenters. The molecule has 2 saturated heterocycles. The highest BCUT2D eigenvalue weighted by Gasteiger charge is 2.39. The lowest BCUT2D eigenvalue weighted by Crippen LogP contribution is -2.59. The number of fused-ring (bicyclic) bond motifs is 2. The molecule has 0 aromatic rings. The molecule has 0 amide bonds. The standard InChI is InChI=1S/C9H16N2O2.ClH/c1-2-13-9(12)8-7-4-3-6(11-7)5-10-8;/h6-8,10-11H,2-5H2,1H3;1H/t6-,7+,8-;/m1./s1. The van der Waals surface area contributed by atoms with Crippen molar-refractivity contribution in [2.24, 2.45) is 0 Å². The van der Waals surface area contributed by atoms with Crippen molar-refractivity contribution in [1.82, 2.24) is 10.6 Å². The maximum atomic E-state index is 11.5. The van der Waals surface area contributed by atoms with Gasteiger partial charge in [0.15, 0.2) is 0 Å². The Kier molecular flexibility index (Phi) is 4.16. The molecule has 0 aliphatic carbocycles. The number of esters is 1. The Hall–Kier alpha value is -0.320. The number of rotatable bonds is 2. The van der Waals surface area contributed by atoms with E-state index in [0.29, 0.717) is 12.6 Å². The quantitative estimate of drug-likeness (QED) is 0.647. The number of hydrogen-bond donors (Lipinski definition) is 2. The van der Waals surface area contributed by atoms with Gasteiger partial charge in [-0.15, -0.1) is 12.4 Å². The van der Waals surface area contributed by atoms with E-state index in [9.17, 15) is 4.79 Å². The van der Waals surface area contributed by atoms with Crippen molar-refractivity contribution < 1.29 is 9.53 Å². The number of piperazine rings is 1. The second kappa shape index (κ2) is 4.96. The average molecular weight is 221 g/mol. The fraction of sp³-hybridized carbons (Fsp3) is 0.889. The van der Waals surface area contributed by atoms with Gasteiger partial charge in [0.1, 0.15) is 6.04 Å². The van der Waals surface area contributed by atoms with E-state index in [4.69, 9.17) is 4.74 Å². The molecule has 2 fully saturated rings. The summed E-state index contributed by atoms with van der Waals surface area (Å²) >= 11 is 0. The summed E-state index contributed by atoms with van der Waals surface area (Å²) in [5.74, 6) is -0.111. The van der Waals surface area contributed by atoms with E-state index in [2.05, 4.69) is 10.6 Å². The number of ether oxygens (including phenoxy) is 1. The third-order valence-corrected chi connectivity index (χ3v) is 2.80. The molecule has 0 spiro atoms. The van der Waals surface area contributed by atoms with Crippen LogP contribution < -0.4 is 10.6 Å². The van der Waals surface area contributed by atoms with E-state index in [1.165, 1.54) is 6.42 Å². The highest BCUT2D eigenvalue weighted by Crippen LogP contribution is 2.19. The van der Waals surface area contributed by atoms with Gasteiger partial charge in [0.2, 0.25) is 0 Å². The Labute approximate surface area is 90.2 Å². The van der Waals surface area contributed by atoms with Gasteiger partial charge in [0.25, 0.3) is 0 Å². The topological polar surface area (TPSA) is 50.4 Å². The maximum absolute atomic E-state index is 11.5. The summed E-state index contributed by atoms with van der Waals surface area (Å²) in [6.45, 7) is 3.19. The van der Waals surface area contributed by atoms with Crippen LogP contribution in [0.25, 0.3) is 0 Å². The van der Waals surface area contributed by atoms with Crippen LogP contribution in [0.5, 0.6) is 0 Å². The molecular formula is C9H17ClN2O2. The molecule has 2 rings (SSSR count). The number of halogens is 1. The predicted molar refractivity (Wildman–Crippen MR) is 55.6 cm³/mol. The van der Waals surface area contributed by atoms with Crippen molar-refractivity contribution in [3.05, 3.63) is 0 Å². The Bertz CT molecular complexity index is 213. The molecule has 0 radical (unpaired) electrons. The van der Waals surface area contributed by atoms with Gasteiger partial charge in [-0.3, -0.25) is 4.79 Å². The number of nitrogens with one attached hydrogen (secondary N) is 2. The summed E-state index contributed by atoms with van der Waals surface area (Å²) in [6, 6.07) is 0.729. The van der Waals surface area contributed by atoms with Crippen LogP contribution in [0.3, 0.4) is 0 Å². The molecule has 4 nitrogen and oxygen atoms in total. The fourth-order valence-corrected chi connectivity index (χ4v) is 2.17. The van der Waals surface area contributed by atoms with Crippen molar-refractivity contribution in [2.75, 3.05) is 13.2 Å². The third-order valence-electron chi connectivity index (χ3n) is 2.80. The summed E-state index contributed by atoms with van der Waals surface area (Å²) in [4.78, 5) is 11.5. The van der Waals surface area contributed by atoms with Crippen LogP contribution in [-0.4, -0.2) is 37.2 Å². The first kappa shape index (κ1) is 11.8. The second-order valence-electron chi connectivity index (χ2n) is 3.69. The number of carbonyl (C=O) groups excluding carboxylic acids is 1. The zero-order valence-electron chi connectivity index (χ0n) is 8.29. The first-order chi connectivity index (χ1) is 6.31. The van der Waals surface area contributed by atoms with Crippen LogP contribution in [0.4, 0.5) is 0 Å². The van der Waals surface area contributed by atoms with Gasteiger partial charge in [-0.25, -0.2) is 0 Å². The minimum absolute atomic E-state index is 0. The molecule has 0 unspecified atom stereocenters. The van der Waals surface area contributed by atoms with Crippen molar-refractivity contribution >= 4 is 18.4 Å². The second-order valence-corrected chi connectivity index (χ2v) is 3.69.